The molecule has 14 heteroatoms. The SMILES string of the molecule is CCOC(=O)c1c(Cl)c(Cl)c(Cl)c(Cl)c1C1=c2cc3c(cc2Oc2cc4c(cc21)C(C)=CC(C)(C)N4CC)=NC(C)(C)C=C3CS(=O)(=O)N(C)CCNC. The molecule has 3 aromatic rings. The molecule has 0 saturated heterocycles. The van der Waals surface area contributed by atoms with Crippen molar-refractivity contribution in [1.82, 2.24) is 9.62 Å². The molecule has 3 heterocycles. The number of anilines is 1. The molecule has 3 aliphatic rings. The molecule has 6 rings (SSSR count). The van der Waals surface area contributed by atoms with E-state index in [2.05, 4.69) is 44.0 Å². The summed E-state index contributed by atoms with van der Waals surface area (Å²) in [7, 11) is -0.394. The average Bonchev–Trinajstić information content (AvgIpc) is 3.08. The first-order valence-electron chi connectivity index (χ1n) is 17.7. The molecule has 54 heavy (non-hydrogen) atoms. The van der Waals surface area contributed by atoms with E-state index in [0.717, 1.165) is 23.4 Å². The van der Waals surface area contributed by atoms with E-state index < -0.39 is 21.5 Å². The molecule has 0 aromatic heterocycles. The predicted molar refractivity (Wildman–Crippen MR) is 221 cm³/mol. The quantitative estimate of drug-likeness (QED) is 0.0979. The topological polar surface area (TPSA) is 101 Å². The highest BCUT2D eigenvalue weighted by Gasteiger charge is 2.37. The molecular formula is C40H44Cl4N4O5S. The number of fused-ring (bicyclic) bond motifs is 4. The Labute approximate surface area is 337 Å². The summed E-state index contributed by atoms with van der Waals surface area (Å²) in [5, 5.41) is 3.85. The maximum absolute atomic E-state index is 13.8. The second-order valence-corrected chi connectivity index (χ2v) is 18.4. The van der Waals surface area contributed by atoms with Crippen LogP contribution in [0.25, 0.3) is 16.7 Å². The summed E-state index contributed by atoms with van der Waals surface area (Å²) in [6.07, 6.45) is 4.10. The van der Waals surface area contributed by atoms with Gasteiger partial charge < -0.3 is 19.7 Å². The zero-order valence-corrected chi connectivity index (χ0v) is 35.6. The van der Waals surface area contributed by atoms with Crippen LogP contribution in [0.3, 0.4) is 0 Å². The lowest BCUT2D eigenvalue weighted by Crippen LogP contribution is -2.45. The molecule has 288 valence electrons. The molecule has 0 unspecified atom stereocenters. The van der Waals surface area contributed by atoms with Gasteiger partial charge >= 0.3 is 5.97 Å². The Morgan fingerprint density at radius 1 is 0.944 bits per heavy atom. The van der Waals surface area contributed by atoms with E-state index in [0.29, 0.717) is 57.4 Å². The minimum atomic E-state index is -3.74. The van der Waals surface area contributed by atoms with Gasteiger partial charge in [-0.05, 0) is 78.8 Å². The standard InChI is InChI=1S/C40H44Cl4N4O5S/c1-10-48-28-17-30-25(14-23(28)21(3)18-40(48,6)7)31(32-33(38(49)52-11-2)35(42)37(44)36(43)34(32)41)26-15-24-22(20-54(50,51)47(9)13-12-45-8)19-39(4,5)46-27(24)16-29(26)53-30/h14-19,45H,10-13,20H2,1-9H3. The number of rotatable bonds is 10. The Balaban J connectivity index is 1.75. The second-order valence-electron chi connectivity index (χ2n) is 14.8. The highest BCUT2D eigenvalue weighted by atomic mass is 35.5. The molecule has 3 aromatic carbocycles. The van der Waals surface area contributed by atoms with Crippen LogP contribution < -0.4 is 25.5 Å². The molecule has 3 aliphatic heterocycles. The first-order valence-corrected chi connectivity index (χ1v) is 20.8. The van der Waals surface area contributed by atoms with Crippen LogP contribution in [0, 0.1) is 0 Å². The van der Waals surface area contributed by atoms with Gasteiger partial charge in [0, 0.05) is 77.5 Å². The lowest BCUT2D eigenvalue weighted by atomic mass is 9.83. The van der Waals surface area contributed by atoms with Crippen molar-refractivity contribution in [3.05, 3.63) is 94.9 Å². The van der Waals surface area contributed by atoms with E-state index in [-0.39, 0.29) is 49.1 Å². The zero-order chi connectivity index (χ0) is 39.7. The number of hydrogen-bond acceptors (Lipinski definition) is 8. The van der Waals surface area contributed by atoms with Crippen LogP contribution in [0.4, 0.5) is 5.69 Å². The van der Waals surface area contributed by atoms with Gasteiger partial charge in [0.15, 0.2) is 0 Å². The lowest BCUT2D eigenvalue weighted by Gasteiger charge is -2.43. The minimum Gasteiger partial charge on any atom is -0.462 e. The summed E-state index contributed by atoms with van der Waals surface area (Å²) in [5.41, 5.74) is 4.44. The van der Waals surface area contributed by atoms with Crippen LogP contribution >= 0.6 is 46.4 Å². The van der Waals surface area contributed by atoms with Gasteiger partial charge in [-0.25, -0.2) is 17.5 Å². The van der Waals surface area contributed by atoms with E-state index in [1.54, 1.807) is 21.0 Å². The predicted octanol–water partition coefficient (Wildman–Crippen LogP) is 8.13. The summed E-state index contributed by atoms with van der Waals surface area (Å²) < 4.78 is 41.1. The summed E-state index contributed by atoms with van der Waals surface area (Å²) in [6, 6.07) is 7.69. The number of ether oxygens (including phenoxy) is 2. The average molecular weight is 835 g/mol. The van der Waals surface area contributed by atoms with Crippen LogP contribution in [-0.2, 0) is 14.8 Å². The number of carbonyl (C=O) groups excluding carboxylic acids is 1. The van der Waals surface area contributed by atoms with E-state index in [9.17, 15) is 13.2 Å². The zero-order valence-electron chi connectivity index (χ0n) is 31.8. The van der Waals surface area contributed by atoms with Gasteiger partial charge in [0.05, 0.1) is 54.4 Å². The van der Waals surface area contributed by atoms with Crippen LogP contribution in [0.1, 0.15) is 81.1 Å². The van der Waals surface area contributed by atoms with E-state index in [4.69, 9.17) is 60.9 Å². The first-order chi connectivity index (χ1) is 25.3. The molecule has 9 nitrogen and oxygen atoms in total. The largest absolute Gasteiger partial charge is 0.462 e. The Kier molecular flexibility index (Phi) is 11.1. The fraction of sp³-hybridized carbons (Fsp3) is 0.400. The highest BCUT2D eigenvalue weighted by Crippen LogP contribution is 2.50. The number of carbonyl (C=O) groups is 1. The highest BCUT2D eigenvalue weighted by molar-refractivity contribution is 7.89. The number of nitrogens with one attached hydrogen (secondary N) is 1. The summed E-state index contributed by atoms with van der Waals surface area (Å²) in [4.78, 5) is 21.1. The van der Waals surface area contributed by atoms with Crippen molar-refractivity contribution in [2.45, 2.75) is 59.5 Å². The second kappa shape index (κ2) is 14.8. The molecule has 0 saturated carbocycles. The van der Waals surface area contributed by atoms with Gasteiger partial charge in [0.2, 0.25) is 10.0 Å². The van der Waals surface area contributed by atoms with Gasteiger partial charge in [0.25, 0.3) is 0 Å². The van der Waals surface area contributed by atoms with E-state index in [1.807, 2.05) is 44.2 Å². The number of benzene rings is 3. The molecule has 1 N–H and O–H groups in total. The van der Waals surface area contributed by atoms with Gasteiger partial charge in [-0.2, -0.15) is 0 Å². The number of hydrogen-bond donors (Lipinski definition) is 1. The molecule has 0 radical (unpaired) electrons. The van der Waals surface area contributed by atoms with Crippen LogP contribution in [0.15, 0.2) is 41.4 Å². The van der Waals surface area contributed by atoms with E-state index >= 15 is 0 Å². The third kappa shape index (κ3) is 7.08. The monoisotopic (exact) mass is 832 g/mol. The van der Waals surface area contributed by atoms with Crippen molar-refractivity contribution in [3.8, 4) is 11.5 Å². The third-order valence-corrected chi connectivity index (χ3v) is 13.6. The van der Waals surface area contributed by atoms with Crippen molar-refractivity contribution in [2.24, 2.45) is 4.99 Å². The number of nitrogens with zero attached hydrogens (tertiary/aromatic N) is 3. The molecule has 0 aliphatic carbocycles. The minimum absolute atomic E-state index is 0.00253. The maximum atomic E-state index is 13.8. The third-order valence-electron chi connectivity index (χ3n) is 10.0. The lowest BCUT2D eigenvalue weighted by molar-refractivity contribution is 0.0526. The molecule has 0 amide bonds. The number of halogens is 4. The van der Waals surface area contributed by atoms with Gasteiger partial charge in [-0.15, -0.1) is 0 Å². The summed E-state index contributed by atoms with van der Waals surface area (Å²) in [6.45, 7) is 15.6. The normalized spacial score (nSPS) is 16.7. The summed E-state index contributed by atoms with van der Waals surface area (Å²) >= 11 is 27.3. The van der Waals surface area contributed by atoms with Crippen molar-refractivity contribution in [3.63, 3.8) is 0 Å². The van der Waals surface area contributed by atoms with Gasteiger partial charge in [0.1, 0.15) is 11.5 Å². The Morgan fingerprint density at radius 2 is 1.63 bits per heavy atom. The first kappa shape index (κ1) is 40.6. The molecule has 0 bridgehead atoms. The Hall–Kier alpha value is -3.09. The molecule has 0 fully saturated rings. The van der Waals surface area contributed by atoms with Crippen molar-refractivity contribution < 1.29 is 22.7 Å². The van der Waals surface area contributed by atoms with Crippen molar-refractivity contribution in [1.29, 1.82) is 0 Å². The fourth-order valence-corrected chi connectivity index (χ4v) is 9.88. The molecule has 0 atom stereocenters. The maximum Gasteiger partial charge on any atom is 0.340 e. The van der Waals surface area contributed by atoms with Crippen molar-refractivity contribution in [2.75, 3.05) is 51.0 Å². The molecular weight excluding hydrogens is 790 g/mol. The van der Waals surface area contributed by atoms with Crippen LogP contribution in [-0.4, -0.2) is 75.9 Å². The summed E-state index contributed by atoms with van der Waals surface area (Å²) in [5.74, 6) is -0.0746. The molecule has 0 spiro atoms. The van der Waals surface area contributed by atoms with Crippen LogP contribution in [0.5, 0.6) is 11.5 Å². The van der Waals surface area contributed by atoms with Gasteiger partial charge in [-0.1, -0.05) is 58.6 Å². The van der Waals surface area contributed by atoms with Gasteiger partial charge in [-0.3, -0.25) is 4.99 Å². The van der Waals surface area contributed by atoms with Crippen LogP contribution in [0.2, 0.25) is 20.1 Å². The Bertz CT molecular complexity index is 2410. The number of allylic oxidation sites excluding steroid dienone is 1. The van der Waals surface area contributed by atoms with Crippen molar-refractivity contribution >= 4 is 84.8 Å². The number of sulfonamides is 1. The number of likely N-dealkylation sites (N-methyl/N-ethyl adjacent to an activating group) is 3. The smallest absolute Gasteiger partial charge is 0.340 e. The van der Waals surface area contributed by atoms with E-state index in [1.165, 1.54) is 4.31 Å². The fourth-order valence-electron chi connectivity index (χ4n) is 7.64. The Morgan fingerprint density at radius 3 is 2.28 bits per heavy atom. The number of esters is 1.